The number of hydrogen-bond acceptors (Lipinski definition) is 5. The number of ether oxygens (including phenoxy) is 1. The first kappa shape index (κ1) is 12.5. The van der Waals surface area contributed by atoms with E-state index < -0.39 is 0 Å². The van der Waals surface area contributed by atoms with Gasteiger partial charge in [0, 0.05) is 23.8 Å². The van der Waals surface area contributed by atoms with Crippen molar-refractivity contribution in [3.05, 3.63) is 36.2 Å². The Bertz CT molecular complexity index is 580. The van der Waals surface area contributed by atoms with Gasteiger partial charge in [0.15, 0.2) is 0 Å². The van der Waals surface area contributed by atoms with E-state index in [2.05, 4.69) is 9.84 Å². The molecule has 0 amide bonds. The highest BCUT2D eigenvalue weighted by molar-refractivity contribution is 7.99. The summed E-state index contributed by atoms with van der Waals surface area (Å²) in [4.78, 5) is 13.2. The lowest BCUT2D eigenvalue weighted by Gasteiger charge is -2.05. The van der Waals surface area contributed by atoms with Crippen molar-refractivity contribution in [3.63, 3.8) is 0 Å². The summed E-state index contributed by atoms with van der Waals surface area (Å²) in [6.07, 6.45) is 3.66. The van der Waals surface area contributed by atoms with Gasteiger partial charge in [-0.05, 0) is 18.2 Å². The van der Waals surface area contributed by atoms with Crippen LogP contribution in [0, 0.1) is 0 Å². The fourth-order valence-electron chi connectivity index (χ4n) is 1.46. The SMILES string of the molecule is COC(=O)c1ccc(Sc2cnn(C)c2)c(N)c1. The van der Waals surface area contributed by atoms with Crippen LogP contribution < -0.4 is 5.73 Å². The molecule has 6 heteroatoms. The van der Waals surface area contributed by atoms with Gasteiger partial charge in [0.25, 0.3) is 0 Å². The molecule has 0 aliphatic heterocycles. The van der Waals surface area contributed by atoms with Crippen LogP contribution in [0.15, 0.2) is 40.4 Å². The van der Waals surface area contributed by atoms with Crippen molar-refractivity contribution in [3.8, 4) is 0 Å². The average molecular weight is 263 g/mol. The highest BCUT2D eigenvalue weighted by Crippen LogP contribution is 2.32. The third-order valence-corrected chi connectivity index (χ3v) is 3.38. The number of aromatic nitrogens is 2. The molecule has 1 aromatic heterocycles. The molecule has 0 aliphatic rings. The third kappa shape index (κ3) is 2.65. The van der Waals surface area contributed by atoms with Crippen molar-refractivity contribution in [1.82, 2.24) is 9.78 Å². The molecule has 94 valence electrons. The number of hydrogen-bond donors (Lipinski definition) is 1. The van der Waals surface area contributed by atoms with E-state index in [-0.39, 0.29) is 5.97 Å². The van der Waals surface area contributed by atoms with Gasteiger partial charge in [-0.2, -0.15) is 5.10 Å². The first-order chi connectivity index (χ1) is 8.60. The van der Waals surface area contributed by atoms with Crippen LogP contribution in [-0.4, -0.2) is 22.9 Å². The number of carbonyl (C=O) groups is 1. The van der Waals surface area contributed by atoms with E-state index >= 15 is 0 Å². The molecular weight excluding hydrogens is 250 g/mol. The van der Waals surface area contributed by atoms with E-state index in [0.717, 1.165) is 9.79 Å². The summed E-state index contributed by atoms with van der Waals surface area (Å²) in [5.74, 6) is -0.389. The van der Waals surface area contributed by atoms with Crippen molar-refractivity contribution in [1.29, 1.82) is 0 Å². The minimum Gasteiger partial charge on any atom is -0.465 e. The fourth-order valence-corrected chi connectivity index (χ4v) is 2.34. The van der Waals surface area contributed by atoms with Crippen LogP contribution in [0.5, 0.6) is 0 Å². The Labute approximate surface area is 109 Å². The maximum atomic E-state index is 11.3. The number of nitrogens with two attached hydrogens (primary N) is 1. The number of benzene rings is 1. The maximum absolute atomic E-state index is 11.3. The predicted octanol–water partition coefficient (Wildman–Crippen LogP) is 1.94. The van der Waals surface area contributed by atoms with Crippen LogP contribution in [0.4, 0.5) is 5.69 Å². The number of rotatable bonds is 3. The van der Waals surface area contributed by atoms with Crippen molar-refractivity contribution in [2.75, 3.05) is 12.8 Å². The lowest BCUT2D eigenvalue weighted by Crippen LogP contribution is -2.02. The van der Waals surface area contributed by atoms with E-state index in [0.29, 0.717) is 11.3 Å². The molecule has 0 radical (unpaired) electrons. The molecule has 1 heterocycles. The molecule has 0 spiro atoms. The summed E-state index contributed by atoms with van der Waals surface area (Å²) < 4.78 is 6.36. The van der Waals surface area contributed by atoms with Crippen molar-refractivity contribution in [2.24, 2.45) is 7.05 Å². The molecular formula is C12H13N3O2S. The molecule has 0 aliphatic carbocycles. The van der Waals surface area contributed by atoms with Gasteiger partial charge in [-0.1, -0.05) is 11.8 Å². The van der Waals surface area contributed by atoms with Crippen LogP contribution in [-0.2, 0) is 11.8 Å². The summed E-state index contributed by atoms with van der Waals surface area (Å²) in [5.41, 5.74) is 6.91. The molecule has 0 fully saturated rings. The van der Waals surface area contributed by atoms with Gasteiger partial charge in [-0.3, -0.25) is 4.68 Å². The number of nitrogens with zero attached hydrogens (tertiary/aromatic N) is 2. The summed E-state index contributed by atoms with van der Waals surface area (Å²) >= 11 is 1.50. The summed E-state index contributed by atoms with van der Waals surface area (Å²) in [6.45, 7) is 0. The van der Waals surface area contributed by atoms with Crippen LogP contribution in [0.3, 0.4) is 0 Å². The molecule has 18 heavy (non-hydrogen) atoms. The van der Waals surface area contributed by atoms with Crippen LogP contribution in [0.1, 0.15) is 10.4 Å². The quantitative estimate of drug-likeness (QED) is 0.677. The molecule has 2 N–H and O–H groups in total. The topological polar surface area (TPSA) is 70.1 Å². The Morgan fingerprint density at radius 1 is 1.50 bits per heavy atom. The second kappa shape index (κ2) is 5.14. The Morgan fingerprint density at radius 3 is 2.83 bits per heavy atom. The second-order valence-corrected chi connectivity index (χ2v) is 4.81. The number of methoxy groups -OCH3 is 1. The Hall–Kier alpha value is -1.95. The predicted molar refractivity (Wildman–Crippen MR) is 69.5 cm³/mol. The molecule has 0 saturated carbocycles. The van der Waals surface area contributed by atoms with Crippen LogP contribution >= 0.6 is 11.8 Å². The van der Waals surface area contributed by atoms with E-state index in [4.69, 9.17) is 5.73 Å². The van der Waals surface area contributed by atoms with Gasteiger partial charge >= 0.3 is 5.97 Å². The summed E-state index contributed by atoms with van der Waals surface area (Å²) in [5, 5.41) is 4.08. The van der Waals surface area contributed by atoms with Crippen molar-refractivity contribution < 1.29 is 9.53 Å². The zero-order chi connectivity index (χ0) is 13.1. The van der Waals surface area contributed by atoms with E-state index in [1.807, 2.05) is 13.2 Å². The first-order valence-electron chi connectivity index (χ1n) is 5.24. The molecule has 0 atom stereocenters. The smallest absolute Gasteiger partial charge is 0.337 e. The Kier molecular flexibility index (Phi) is 3.57. The fraction of sp³-hybridized carbons (Fsp3) is 0.167. The van der Waals surface area contributed by atoms with Gasteiger partial charge < -0.3 is 10.5 Å². The van der Waals surface area contributed by atoms with Crippen LogP contribution in [0.2, 0.25) is 0 Å². The lowest BCUT2D eigenvalue weighted by atomic mass is 10.2. The zero-order valence-corrected chi connectivity index (χ0v) is 10.9. The molecule has 2 rings (SSSR count). The van der Waals surface area contributed by atoms with Gasteiger partial charge in [0.2, 0.25) is 0 Å². The highest BCUT2D eigenvalue weighted by Gasteiger charge is 2.09. The van der Waals surface area contributed by atoms with Gasteiger partial charge in [0.05, 0.1) is 23.8 Å². The highest BCUT2D eigenvalue weighted by atomic mass is 32.2. The molecule has 1 aromatic carbocycles. The number of carbonyl (C=O) groups excluding carboxylic acids is 1. The van der Waals surface area contributed by atoms with Crippen molar-refractivity contribution >= 4 is 23.4 Å². The second-order valence-electron chi connectivity index (χ2n) is 3.70. The number of anilines is 1. The monoisotopic (exact) mass is 263 g/mol. The molecule has 0 unspecified atom stereocenters. The van der Waals surface area contributed by atoms with E-state index in [1.54, 1.807) is 29.1 Å². The minimum atomic E-state index is -0.389. The van der Waals surface area contributed by atoms with E-state index in [9.17, 15) is 4.79 Å². The van der Waals surface area contributed by atoms with Gasteiger partial charge in [0.1, 0.15) is 0 Å². The molecule has 0 saturated heterocycles. The molecule has 0 bridgehead atoms. The largest absolute Gasteiger partial charge is 0.465 e. The minimum absolute atomic E-state index is 0.389. The van der Waals surface area contributed by atoms with E-state index in [1.165, 1.54) is 18.9 Å². The van der Waals surface area contributed by atoms with Crippen molar-refractivity contribution in [2.45, 2.75) is 9.79 Å². The number of aryl methyl sites for hydroxylation is 1. The average Bonchev–Trinajstić information content (AvgIpc) is 2.76. The van der Waals surface area contributed by atoms with Gasteiger partial charge in [-0.15, -0.1) is 0 Å². The van der Waals surface area contributed by atoms with Crippen LogP contribution in [0.25, 0.3) is 0 Å². The van der Waals surface area contributed by atoms with Gasteiger partial charge in [-0.25, -0.2) is 4.79 Å². The summed E-state index contributed by atoms with van der Waals surface area (Å²) in [6, 6.07) is 5.12. The number of esters is 1. The zero-order valence-electron chi connectivity index (χ0n) is 10.1. The molecule has 5 nitrogen and oxygen atoms in total. The standard InChI is InChI=1S/C12H13N3O2S/c1-15-7-9(6-14-15)18-11-4-3-8(5-10(11)13)12(16)17-2/h3-7H,13H2,1-2H3. The normalized spacial score (nSPS) is 10.3. The summed E-state index contributed by atoms with van der Waals surface area (Å²) in [7, 11) is 3.20. The molecule has 2 aromatic rings. The first-order valence-corrected chi connectivity index (χ1v) is 6.06. The Morgan fingerprint density at radius 2 is 2.28 bits per heavy atom. The lowest BCUT2D eigenvalue weighted by molar-refractivity contribution is 0.0600. The Balaban J connectivity index is 2.22. The third-order valence-electron chi connectivity index (χ3n) is 2.34. The number of nitrogen functional groups attached to an aromatic ring is 1. The maximum Gasteiger partial charge on any atom is 0.337 e.